The third kappa shape index (κ3) is 4.66. The third-order valence-corrected chi connectivity index (χ3v) is 4.87. The summed E-state index contributed by atoms with van der Waals surface area (Å²) in [5.74, 6) is -0.933. The highest BCUT2D eigenvalue weighted by atomic mass is 35.5. The van der Waals surface area contributed by atoms with E-state index in [0.29, 0.717) is 19.2 Å². The van der Waals surface area contributed by atoms with Crippen LogP contribution in [0, 0.1) is 6.92 Å². The molecule has 1 aromatic carbocycles. The standard InChI is InChI=1S/C14H18ClNO3S/c1-10-3-2-4-12(15)14(10)20-16(11-5-6-11)7-8-19-9-13(17)18/h2-4,11H,5-9H2,1H3,(H,17,18). The van der Waals surface area contributed by atoms with Crippen LogP contribution in [0.4, 0.5) is 0 Å². The van der Waals surface area contributed by atoms with E-state index >= 15 is 0 Å². The van der Waals surface area contributed by atoms with Crippen LogP contribution in [0.1, 0.15) is 18.4 Å². The van der Waals surface area contributed by atoms with Gasteiger partial charge < -0.3 is 9.84 Å². The molecule has 1 aliphatic rings. The Labute approximate surface area is 128 Å². The second-order valence-electron chi connectivity index (χ2n) is 4.80. The van der Waals surface area contributed by atoms with E-state index in [4.69, 9.17) is 21.4 Å². The average molecular weight is 316 g/mol. The molecule has 1 aliphatic carbocycles. The number of nitrogens with zero attached hydrogens (tertiary/aromatic N) is 1. The van der Waals surface area contributed by atoms with Crippen LogP contribution in [0.25, 0.3) is 0 Å². The van der Waals surface area contributed by atoms with Gasteiger partial charge in [0.05, 0.1) is 11.6 Å². The van der Waals surface area contributed by atoms with Gasteiger partial charge in [0, 0.05) is 17.5 Å². The van der Waals surface area contributed by atoms with Crippen molar-refractivity contribution in [1.29, 1.82) is 0 Å². The molecule has 20 heavy (non-hydrogen) atoms. The Balaban J connectivity index is 1.91. The molecule has 0 bridgehead atoms. The lowest BCUT2D eigenvalue weighted by Crippen LogP contribution is -2.24. The van der Waals surface area contributed by atoms with Gasteiger partial charge in [0.25, 0.3) is 0 Å². The lowest BCUT2D eigenvalue weighted by molar-refractivity contribution is -0.142. The molecular formula is C14H18ClNO3S. The summed E-state index contributed by atoms with van der Waals surface area (Å²) in [6.45, 7) is 2.92. The predicted molar refractivity (Wildman–Crippen MR) is 80.2 cm³/mol. The number of hydrogen-bond donors (Lipinski definition) is 1. The molecule has 0 radical (unpaired) electrons. The fourth-order valence-corrected chi connectivity index (χ4v) is 3.28. The Morgan fingerprint density at radius 1 is 1.55 bits per heavy atom. The van der Waals surface area contributed by atoms with Gasteiger partial charge in [-0.05, 0) is 43.3 Å². The van der Waals surface area contributed by atoms with Crippen molar-refractivity contribution in [2.45, 2.75) is 30.7 Å². The number of carboxylic acids is 1. The number of ether oxygens (including phenoxy) is 1. The van der Waals surface area contributed by atoms with E-state index in [1.165, 1.54) is 12.8 Å². The van der Waals surface area contributed by atoms with Gasteiger partial charge >= 0.3 is 5.97 Å². The van der Waals surface area contributed by atoms with Crippen LogP contribution >= 0.6 is 23.5 Å². The molecule has 1 fully saturated rings. The van der Waals surface area contributed by atoms with E-state index in [1.54, 1.807) is 11.9 Å². The summed E-state index contributed by atoms with van der Waals surface area (Å²) in [7, 11) is 0. The molecule has 0 atom stereocenters. The smallest absolute Gasteiger partial charge is 0.329 e. The predicted octanol–water partition coefficient (Wildman–Crippen LogP) is 3.22. The quantitative estimate of drug-likeness (QED) is 0.589. The second kappa shape index (κ2) is 7.31. The summed E-state index contributed by atoms with van der Waals surface area (Å²) >= 11 is 7.89. The molecule has 0 saturated heterocycles. The number of hydrogen-bond acceptors (Lipinski definition) is 4. The monoisotopic (exact) mass is 315 g/mol. The van der Waals surface area contributed by atoms with Crippen molar-refractivity contribution in [3.8, 4) is 0 Å². The fraction of sp³-hybridized carbons (Fsp3) is 0.500. The van der Waals surface area contributed by atoms with Gasteiger partial charge in [0.15, 0.2) is 0 Å². The lowest BCUT2D eigenvalue weighted by Gasteiger charge is -2.22. The van der Waals surface area contributed by atoms with Gasteiger partial charge in [0.1, 0.15) is 6.61 Å². The van der Waals surface area contributed by atoms with Crippen LogP contribution in [-0.4, -0.2) is 41.2 Å². The zero-order chi connectivity index (χ0) is 14.5. The van der Waals surface area contributed by atoms with E-state index in [-0.39, 0.29) is 6.61 Å². The molecule has 0 unspecified atom stereocenters. The molecule has 110 valence electrons. The zero-order valence-corrected chi connectivity index (χ0v) is 12.9. The van der Waals surface area contributed by atoms with E-state index in [1.807, 2.05) is 25.1 Å². The minimum Gasteiger partial charge on any atom is -0.480 e. The summed E-state index contributed by atoms with van der Waals surface area (Å²) in [5, 5.41) is 9.30. The van der Waals surface area contributed by atoms with Gasteiger partial charge in [-0.3, -0.25) is 0 Å². The number of halogens is 1. The Hall–Kier alpha value is -0.750. The SMILES string of the molecule is Cc1cccc(Cl)c1SN(CCOCC(=O)O)C1CC1. The molecular weight excluding hydrogens is 298 g/mol. The second-order valence-corrected chi connectivity index (χ2v) is 6.26. The van der Waals surface area contributed by atoms with Crippen molar-refractivity contribution in [3.05, 3.63) is 28.8 Å². The molecule has 0 spiro atoms. The Bertz CT molecular complexity index is 459. The van der Waals surface area contributed by atoms with Crippen molar-refractivity contribution >= 4 is 29.5 Å². The van der Waals surface area contributed by atoms with Crippen molar-refractivity contribution in [1.82, 2.24) is 4.31 Å². The van der Waals surface area contributed by atoms with Crippen molar-refractivity contribution in [2.24, 2.45) is 0 Å². The van der Waals surface area contributed by atoms with Gasteiger partial charge in [-0.15, -0.1) is 0 Å². The summed E-state index contributed by atoms with van der Waals surface area (Å²) in [6.07, 6.45) is 2.35. The summed E-state index contributed by atoms with van der Waals surface area (Å²) < 4.78 is 7.36. The molecule has 0 aromatic heterocycles. The van der Waals surface area contributed by atoms with Gasteiger partial charge in [-0.1, -0.05) is 23.7 Å². The molecule has 6 heteroatoms. The number of carbonyl (C=O) groups is 1. The fourth-order valence-electron chi connectivity index (χ4n) is 1.83. The van der Waals surface area contributed by atoms with Crippen LogP contribution in [0.5, 0.6) is 0 Å². The van der Waals surface area contributed by atoms with E-state index in [9.17, 15) is 4.79 Å². The highest BCUT2D eigenvalue weighted by molar-refractivity contribution is 7.97. The molecule has 1 saturated carbocycles. The number of carboxylic acid groups (broad SMARTS) is 1. The number of aryl methyl sites for hydroxylation is 1. The molecule has 1 N–H and O–H groups in total. The largest absolute Gasteiger partial charge is 0.480 e. The molecule has 4 nitrogen and oxygen atoms in total. The first-order valence-corrected chi connectivity index (χ1v) is 7.72. The minimum absolute atomic E-state index is 0.242. The van der Waals surface area contributed by atoms with E-state index in [0.717, 1.165) is 15.5 Å². The highest BCUT2D eigenvalue weighted by Gasteiger charge is 2.30. The maximum Gasteiger partial charge on any atom is 0.329 e. The lowest BCUT2D eigenvalue weighted by atomic mass is 10.2. The number of benzene rings is 1. The van der Waals surface area contributed by atoms with Crippen LogP contribution in [0.2, 0.25) is 5.02 Å². The molecule has 0 heterocycles. The number of aliphatic carboxylic acids is 1. The van der Waals surface area contributed by atoms with Gasteiger partial charge in [-0.25, -0.2) is 9.10 Å². The molecule has 0 aliphatic heterocycles. The maximum atomic E-state index is 10.4. The van der Waals surface area contributed by atoms with E-state index in [2.05, 4.69) is 4.31 Å². The van der Waals surface area contributed by atoms with Crippen LogP contribution < -0.4 is 0 Å². The Kier molecular flexibility index (Phi) is 5.72. The highest BCUT2D eigenvalue weighted by Crippen LogP contribution is 2.39. The van der Waals surface area contributed by atoms with Gasteiger partial charge in [-0.2, -0.15) is 0 Å². The van der Waals surface area contributed by atoms with Crippen LogP contribution in [0.15, 0.2) is 23.1 Å². The van der Waals surface area contributed by atoms with Crippen molar-refractivity contribution in [3.63, 3.8) is 0 Å². The van der Waals surface area contributed by atoms with Crippen LogP contribution in [0.3, 0.4) is 0 Å². The minimum atomic E-state index is -0.933. The summed E-state index contributed by atoms with van der Waals surface area (Å²) in [4.78, 5) is 11.5. The number of rotatable bonds is 8. The Morgan fingerprint density at radius 3 is 2.90 bits per heavy atom. The molecule has 2 rings (SSSR count). The summed E-state index contributed by atoms with van der Waals surface area (Å²) in [6, 6.07) is 6.42. The first-order chi connectivity index (χ1) is 9.58. The first-order valence-electron chi connectivity index (χ1n) is 6.57. The molecule has 1 aromatic rings. The summed E-state index contributed by atoms with van der Waals surface area (Å²) in [5.41, 5.74) is 1.15. The normalized spacial score (nSPS) is 14.8. The first kappa shape index (κ1) is 15.6. The van der Waals surface area contributed by atoms with Crippen molar-refractivity contribution < 1.29 is 14.6 Å². The van der Waals surface area contributed by atoms with Gasteiger partial charge in [0.2, 0.25) is 0 Å². The topological polar surface area (TPSA) is 49.8 Å². The molecule has 0 amide bonds. The zero-order valence-electron chi connectivity index (χ0n) is 11.3. The van der Waals surface area contributed by atoms with Crippen LogP contribution in [-0.2, 0) is 9.53 Å². The maximum absolute atomic E-state index is 10.4. The average Bonchev–Trinajstić information content (AvgIpc) is 3.20. The van der Waals surface area contributed by atoms with E-state index < -0.39 is 5.97 Å². The third-order valence-electron chi connectivity index (χ3n) is 3.01. The van der Waals surface area contributed by atoms with Crippen molar-refractivity contribution in [2.75, 3.05) is 19.8 Å². The Morgan fingerprint density at radius 2 is 2.30 bits per heavy atom.